The Hall–Kier alpha value is -4.31. The molecule has 0 atom stereocenters. The Morgan fingerprint density at radius 2 is 1.85 bits per heavy atom. The fourth-order valence-corrected chi connectivity index (χ4v) is 3.25. The predicted octanol–water partition coefficient (Wildman–Crippen LogP) is 3.22. The highest BCUT2D eigenvalue weighted by atomic mass is 35.5. The molecule has 0 bridgehead atoms. The lowest BCUT2D eigenvalue weighted by Gasteiger charge is -2.11. The second kappa shape index (κ2) is 9.45. The zero-order chi connectivity index (χ0) is 23.4. The van der Waals surface area contributed by atoms with Crippen molar-refractivity contribution >= 4 is 35.1 Å². The summed E-state index contributed by atoms with van der Waals surface area (Å²) in [6, 6.07) is 17.2. The first-order valence-corrected chi connectivity index (χ1v) is 10.1. The van der Waals surface area contributed by atoms with Crippen molar-refractivity contribution in [1.29, 1.82) is 0 Å². The van der Waals surface area contributed by atoms with Crippen molar-refractivity contribution in [1.82, 2.24) is 25.5 Å². The SMILES string of the molecule is Nc1nnnn1-c1cccc(C(=O)Nc2ccc(Cl)c(C(=O)NCc3ccccc3F)c2)c1. The maximum Gasteiger partial charge on any atom is 0.255 e. The molecule has 166 valence electrons. The van der Waals surface area contributed by atoms with Crippen LogP contribution in [-0.4, -0.2) is 32.0 Å². The average molecular weight is 466 g/mol. The van der Waals surface area contributed by atoms with Crippen LogP contribution in [0.25, 0.3) is 5.69 Å². The highest BCUT2D eigenvalue weighted by Gasteiger charge is 2.15. The van der Waals surface area contributed by atoms with Crippen molar-refractivity contribution in [3.8, 4) is 5.69 Å². The number of anilines is 2. The third-order valence-electron chi connectivity index (χ3n) is 4.71. The highest BCUT2D eigenvalue weighted by molar-refractivity contribution is 6.34. The van der Waals surface area contributed by atoms with Crippen molar-refractivity contribution in [3.63, 3.8) is 0 Å². The van der Waals surface area contributed by atoms with Gasteiger partial charge in [0.2, 0.25) is 5.95 Å². The van der Waals surface area contributed by atoms with E-state index in [0.29, 0.717) is 22.5 Å². The van der Waals surface area contributed by atoms with E-state index in [2.05, 4.69) is 26.2 Å². The van der Waals surface area contributed by atoms with Gasteiger partial charge < -0.3 is 16.4 Å². The number of hydrogen-bond acceptors (Lipinski definition) is 6. The molecule has 2 amide bonds. The van der Waals surface area contributed by atoms with E-state index in [4.69, 9.17) is 17.3 Å². The van der Waals surface area contributed by atoms with E-state index in [9.17, 15) is 14.0 Å². The standard InChI is InChI=1S/C22H17ClFN7O2/c23-18-9-8-15(11-17(18)21(33)26-12-14-4-1-2-7-19(14)24)27-20(32)13-5-3-6-16(10-13)31-22(25)28-29-30-31/h1-11H,12H2,(H,26,33)(H,27,32)(H2,25,28,30). The van der Waals surface area contributed by atoms with Gasteiger partial charge in [-0.1, -0.05) is 41.0 Å². The lowest BCUT2D eigenvalue weighted by molar-refractivity contribution is 0.0949. The molecule has 1 aromatic heterocycles. The van der Waals surface area contributed by atoms with Crippen LogP contribution in [0.5, 0.6) is 0 Å². The Bertz CT molecular complexity index is 1340. The number of carbonyl (C=O) groups excluding carboxylic acids is 2. The molecule has 4 N–H and O–H groups in total. The average Bonchev–Trinajstić information content (AvgIpc) is 3.25. The number of amides is 2. The van der Waals surface area contributed by atoms with Gasteiger partial charge >= 0.3 is 0 Å². The fourth-order valence-electron chi connectivity index (χ4n) is 3.05. The zero-order valence-corrected chi connectivity index (χ0v) is 17.8. The highest BCUT2D eigenvalue weighted by Crippen LogP contribution is 2.22. The molecule has 9 nitrogen and oxygen atoms in total. The summed E-state index contributed by atoms with van der Waals surface area (Å²) in [6.07, 6.45) is 0. The molecule has 3 aromatic carbocycles. The van der Waals surface area contributed by atoms with Gasteiger partial charge in [-0.25, -0.2) is 4.39 Å². The quantitative estimate of drug-likeness (QED) is 0.401. The fraction of sp³-hybridized carbons (Fsp3) is 0.0455. The maximum atomic E-state index is 13.8. The van der Waals surface area contributed by atoms with E-state index in [1.165, 1.54) is 22.9 Å². The molecule has 4 aromatic rings. The Balaban J connectivity index is 1.49. The number of carbonyl (C=O) groups is 2. The summed E-state index contributed by atoms with van der Waals surface area (Å²) >= 11 is 6.17. The van der Waals surface area contributed by atoms with Gasteiger partial charge in [-0.3, -0.25) is 9.59 Å². The molecule has 0 spiro atoms. The minimum absolute atomic E-state index is 0.00844. The van der Waals surface area contributed by atoms with Gasteiger partial charge in [-0.15, -0.1) is 0 Å². The van der Waals surface area contributed by atoms with Crippen LogP contribution >= 0.6 is 11.6 Å². The van der Waals surface area contributed by atoms with Gasteiger partial charge in [0, 0.05) is 23.4 Å². The second-order valence-corrected chi connectivity index (χ2v) is 7.33. The summed E-state index contributed by atoms with van der Waals surface area (Å²) in [5, 5.41) is 16.4. The summed E-state index contributed by atoms with van der Waals surface area (Å²) in [5.74, 6) is -1.27. The molecule has 0 saturated heterocycles. The van der Waals surface area contributed by atoms with Crippen molar-refractivity contribution < 1.29 is 14.0 Å². The van der Waals surface area contributed by atoms with Crippen molar-refractivity contribution in [2.24, 2.45) is 0 Å². The summed E-state index contributed by atoms with van der Waals surface area (Å²) < 4.78 is 15.1. The Morgan fingerprint density at radius 3 is 2.61 bits per heavy atom. The number of nitrogens with two attached hydrogens (primary N) is 1. The van der Waals surface area contributed by atoms with Crippen LogP contribution in [0.4, 0.5) is 16.0 Å². The normalized spacial score (nSPS) is 10.6. The lowest BCUT2D eigenvalue weighted by Crippen LogP contribution is -2.24. The molecular formula is C22H17ClFN7O2. The van der Waals surface area contributed by atoms with E-state index >= 15 is 0 Å². The lowest BCUT2D eigenvalue weighted by atomic mass is 10.1. The summed E-state index contributed by atoms with van der Waals surface area (Å²) in [7, 11) is 0. The van der Waals surface area contributed by atoms with Crippen LogP contribution in [-0.2, 0) is 6.54 Å². The van der Waals surface area contributed by atoms with Crippen LogP contribution in [0.1, 0.15) is 26.3 Å². The number of benzene rings is 3. The molecule has 33 heavy (non-hydrogen) atoms. The Morgan fingerprint density at radius 1 is 1.03 bits per heavy atom. The predicted molar refractivity (Wildman–Crippen MR) is 121 cm³/mol. The van der Waals surface area contributed by atoms with Crippen molar-refractivity contribution in [2.75, 3.05) is 11.1 Å². The molecule has 0 aliphatic carbocycles. The Labute approximate surface area is 192 Å². The molecule has 1 heterocycles. The van der Waals surface area contributed by atoms with Crippen molar-refractivity contribution in [2.45, 2.75) is 6.54 Å². The second-order valence-electron chi connectivity index (χ2n) is 6.92. The van der Waals surface area contributed by atoms with E-state index < -0.39 is 17.6 Å². The number of nitrogens with one attached hydrogen (secondary N) is 2. The van der Waals surface area contributed by atoms with E-state index in [1.54, 1.807) is 48.5 Å². The first-order valence-electron chi connectivity index (χ1n) is 9.69. The number of nitrogen functional groups attached to an aromatic ring is 1. The van der Waals surface area contributed by atoms with Gasteiger partial charge in [-0.2, -0.15) is 4.68 Å². The zero-order valence-electron chi connectivity index (χ0n) is 17.0. The third kappa shape index (κ3) is 4.96. The molecule has 0 radical (unpaired) electrons. The molecule has 0 saturated carbocycles. The van der Waals surface area contributed by atoms with Crippen LogP contribution in [0.3, 0.4) is 0 Å². The first-order chi connectivity index (χ1) is 15.9. The summed E-state index contributed by atoms with van der Waals surface area (Å²) in [6.45, 7) is -0.00844. The monoisotopic (exact) mass is 465 g/mol. The molecule has 0 fully saturated rings. The summed E-state index contributed by atoms with van der Waals surface area (Å²) in [5.41, 5.74) is 7.37. The van der Waals surface area contributed by atoms with Gasteiger partial charge in [0.15, 0.2) is 0 Å². The minimum atomic E-state index is -0.504. The molecule has 0 aliphatic heterocycles. The molecule has 0 unspecified atom stereocenters. The van der Waals surface area contributed by atoms with Crippen LogP contribution in [0.2, 0.25) is 5.02 Å². The molecular weight excluding hydrogens is 449 g/mol. The number of tetrazole rings is 1. The van der Waals surface area contributed by atoms with E-state index in [-0.39, 0.29) is 23.1 Å². The summed E-state index contributed by atoms with van der Waals surface area (Å²) in [4.78, 5) is 25.4. The van der Waals surface area contributed by atoms with Gasteiger partial charge in [0.05, 0.1) is 16.3 Å². The topological polar surface area (TPSA) is 128 Å². The van der Waals surface area contributed by atoms with E-state index in [1.807, 2.05) is 0 Å². The van der Waals surface area contributed by atoms with Gasteiger partial charge in [0.25, 0.3) is 11.8 Å². The third-order valence-corrected chi connectivity index (χ3v) is 5.04. The maximum absolute atomic E-state index is 13.8. The molecule has 4 rings (SSSR count). The van der Waals surface area contributed by atoms with Gasteiger partial charge in [0.1, 0.15) is 5.82 Å². The number of halogens is 2. The minimum Gasteiger partial charge on any atom is -0.366 e. The first kappa shape index (κ1) is 21.9. The number of rotatable bonds is 6. The van der Waals surface area contributed by atoms with Crippen LogP contribution < -0.4 is 16.4 Å². The number of aromatic nitrogens is 4. The number of nitrogens with zero attached hydrogens (tertiary/aromatic N) is 4. The molecule has 11 heteroatoms. The largest absolute Gasteiger partial charge is 0.366 e. The van der Waals surface area contributed by atoms with Crippen molar-refractivity contribution in [3.05, 3.63) is 94.3 Å². The Kier molecular flexibility index (Phi) is 6.27. The van der Waals surface area contributed by atoms with E-state index in [0.717, 1.165) is 0 Å². The van der Waals surface area contributed by atoms with Crippen LogP contribution in [0.15, 0.2) is 66.7 Å². The van der Waals surface area contributed by atoms with Crippen LogP contribution in [0, 0.1) is 5.82 Å². The number of hydrogen-bond donors (Lipinski definition) is 3. The smallest absolute Gasteiger partial charge is 0.255 e. The van der Waals surface area contributed by atoms with Gasteiger partial charge in [-0.05, 0) is 52.9 Å². The molecule has 0 aliphatic rings.